The molecule has 1 aromatic heterocycles. The molecule has 0 bridgehead atoms. The van der Waals surface area contributed by atoms with Gasteiger partial charge in [0.15, 0.2) is 11.6 Å². The van der Waals surface area contributed by atoms with Crippen LogP contribution in [0.15, 0.2) is 18.3 Å². The van der Waals surface area contributed by atoms with Gasteiger partial charge < -0.3 is 15.4 Å². The van der Waals surface area contributed by atoms with Crippen LogP contribution < -0.4 is 15.4 Å². The molecule has 5 nitrogen and oxygen atoms in total. The maximum absolute atomic E-state index is 7.28. The van der Waals surface area contributed by atoms with Crippen molar-refractivity contribution in [2.75, 3.05) is 19.1 Å². The first-order valence-corrected chi connectivity index (χ1v) is 5.11. The number of amidine groups is 1. The van der Waals surface area contributed by atoms with E-state index in [0.29, 0.717) is 6.42 Å². The molecule has 0 saturated heterocycles. The van der Waals surface area contributed by atoms with Gasteiger partial charge in [-0.05, 0) is 19.1 Å². The lowest BCUT2D eigenvalue weighted by atomic mass is 10.2. The number of aromatic nitrogens is 1. The highest BCUT2D eigenvalue weighted by Gasteiger charge is 2.15. The Morgan fingerprint density at radius 1 is 1.69 bits per heavy atom. The van der Waals surface area contributed by atoms with Crippen molar-refractivity contribution in [3.63, 3.8) is 0 Å². The van der Waals surface area contributed by atoms with E-state index < -0.39 is 0 Å². The molecule has 0 amide bonds. The molecule has 0 radical (unpaired) electrons. The van der Waals surface area contributed by atoms with E-state index in [-0.39, 0.29) is 11.9 Å². The minimum atomic E-state index is 0.112. The van der Waals surface area contributed by atoms with Gasteiger partial charge in [0.2, 0.25) is 0 Å². The van der Waals surface area contributed by atoms with Gasteiger partial charge in [-0.25, -0.2) is 4.98 Å². The van der Waals surface area contributed by atoms with E-state index in [4.69, 9.17) is 15.9 Å². The Bertz CT molecular complexity index is 367. The molecule has 5 heteroatoms. The van der Waals surface area contributed by atoms with E-state index in [2.05, 4.69) is 4.98 Å². The van der Waals surface area contributed by atoms with Crippen LogP contribution in [0.25, 0.3) is 0 Å². The number of hydrogen-bond acceptors (Lipinski definition) is 4. The molecule has 0 saturated carbocycles. The fourth-order valence-electron chi connectivity index (χ4n) is 1.47. The summed E-state index contributed by atoms with van der Waals surface area (Å²) in [6, 6.07) is 3.80. The van der Waals surface area contributed by atoms with Gasteiger partial charge in [0, 0.05) is 25.7 Å². The average Bonchev–Trinajstić information content (AvgIpc) is 2.27. The lowest BCUT2D eigenvalue weighted by Crippen LogP contribution is -2.33. The number of nitrogens with zero attached hydrogens (tertiary/aromatic N) is 2. The molecule has 1 rings (SSSR count). The van der Waals surface area contributed by atoms with Crippen LogP contribution in [0.5, 0.6) is 5.75 Å². The van der Waals surface area contributed by atoms with Crippen molar-refractivity contribution in [2.24, 2.45) is 5.73 Å². The van der Waals surface area contributed by atoms with Crippen molar-refractivity contribution in [3.05, 3.63) is 18.3 Å². The van der Waals surface area contributed by atoms with Crippen LogP contribution in [-0.4, -0.2) is 31.0 Å². The number of rotatable bonds is 5. The van der Waals surface area contributed by atoms with E-state index in [1.54, 1.807) is 13.3 Å². The largest absolute Gasteiger partial charge is 0.493 e. The molecule has 1 unspecified atom stereocenters. The number of anilines is 1. The number of nitrogens with two attached hydrogens (primary N) is 1. The molecule has 3 N–H and O–H groups in total. The SMILES string of the molecule is COc1cccnc1N(C)C(C)CC(=N)N. The number of nitrogens with one attached hydrogen (secondary N) is 1. The smallest absolute Gasteiger partial charge is 0.171 e. The quantitative estimate of drug-likeness (QED) is 0.580. The van der Waals surface area contributed by atoms with Gasteiger partial charge in [-0.2, -0.15) is 0 Å². The molecule has 16 heavy (non-hydrogen) atoms. The summed E-state index contributed by atoms with van der Waals surface area (Å²) in [5.41, 5.74) is 5.38. The van der Waals surface area contributed by atoms with Gasteiger partial charge in [-0.15, -0.1) is 0 Å². The van der Waals surface area contributed by atoms with Crippen molar-refractivity contribution < 1.29 is 4.74 Å². The Morgan fingerprint density at radius 3 is 2.94 bits per heavy atom. The van der Waals surface area contributed by atoms with Gasteiger partial charge in [0.1, 0.15) is 0 Å². The Kier molecular flexibility index (Phi) is 4.10. The van der Waals surface area contributed by atoms with Crippen LogP contribution in [-0.2, 0) is 0 Å². The van der Waals surface area contributed by atoms with Crippen molar-refractivity contribution in [1.29, 1.82) is 5.41 Å². The van der Waals surface area contributed by atoms with Crippen LogP contribution >= 0.6 is 0 Å². The lowest BCUT2D eigenvalue weighted by Gasteiger charge is -2.26. The molecule has 0 aliphatic heterocycles. The standard InChI is InChI=1S/C11H18N4O/c1-8(7-10(12)13)15(2)11-9(16-3)5-4-6-14-11/h4-6,8H,7H2,1-3H3,(H3,12,13). The third-order valence-electron chi connectivity index (χ3n) is 2.48. The van der Waals surface area contributed by atoms with Crippen LogP contribution in [0.1, 0.15) is 13.3 Å². The Hall–Kier alpha value is -1.78. The van der Waals surface area contributed by atoms with E-state index >= 15 is 0 Å². The van der Waals surface area contributed by atoms with E-state index in [0.717, 1.165) is 11.6 Å². The van der Waals surface area contributed by atoms with Gasteiger partial charge in [-0.3, -0.25) is 5.41 Å². The summed E-state index contributed by atoms with van der Waals surface area (Å²) >= 11 is 0. The number of pyridine rings is 1. The van der Waals surface area contributed by atoms with Crippen LogP contribution in [0, 0.1) is 5.41 Å². The Balaban J connectivity index is 2.86. The summed E-state index contributed by atoms with van der Waals surface area (Å²) in [6.07, 6.45) is 2.23. The fraction of sp³-hybridized carbons (Fsp3) is 0.455. The minimum absolute atomic E-state index is 0.112. The van der Waals surface area contributed by atoms with Gasteiger partial charge in [0.05, 0.1) is 12.9 Å². The summed E-state index contributed by atoms with van der Waals surface area (Å²) in [5, 5.41) is 7.28. The molecule has 1 aromatic rings. The van der Waals surface area contributed by atoms with Gasteiger partial charge in [-0.1, -0.05) is 0 Å². The topological polar surface area (TPSA) is 75.2 Å². The summed E-state index contributed by atoms with van der Waals surface area (Å²) < 4.78 is 5.23. The highest BCUT2D eigenvalue weighted by Crippen LogP contribution is 2.25. The third kappa shape index (κ3) is 2.85. The molecule has 0 aliphatic rings. The maximum Gasteiger partial charge on any atom is 0.171 e. The van der Waals surface area contributed by atoms with E-state index in [9.17, 15) is 0 Å². The highest BCUT2D eigenvalue weighted by molar-refractivity contribution is 5.78. The van der Waals surface area contributed by atoms with Crippen LogP contribution in [0.4, 0.5) is 5.82 Å². The normalized spacial score (nSPS) is 11.9. The second-order valence-electron chi connectivity index (χ2n) is 3.72. The average molecular weight is 222 g/mol. The van der Waals surface area contributed by atoms with Crippen molar-refractivity contribution in [3.8, 4) is 5.75 Å². The molecule has 1 atom stereocenters. The molecule has 0 aromatic carbocycles. The zero-order valence-corrected chi connectivity index (χ0v) is 9.90. The summed E-state index contributed by atoms with van der Waals surface area (Å²) in [6.45, 7) is 2.00. The van der Waals surface area contributed by atoms with Gasteiger partial charge >= 0.3 is 0 Å². The predicted molar refractivity (Wildman–Crippen MR) is 65.2 cm³/mol. The molecule has 88 valence electrons. The first kappa shape index (κ1) is 12.3. The molecule has 0 aliphatic carbocycles. The third-order valence-corrected chi connectivity index (χ3v) is 2.48. The Morgan fingerprint density at radius 2 is 2.38 bits per heavy atom. The fourth-order valence-corrected chi connectivity index (χ4v) is 1.47. The van der Waals surface area contributed by atoms with E-state index in [1.165, 1.54) is 0 Å². The number of ether oxygens (including phenoxy) is 1. The van der Waals surface area contributed by atoms with Crippen LogP contribution in [0.3, 0.4) is 0 Å². The zero-order chi connectivity index (χ0) is 12.1. The molecule has 0 spiro atoms. The van der Waals surface area contributed by atoms with Crippen molar-refractivity contribution in [2.45, 2.75) is 19.4 Å². The molecular weight excluding hydrogens is 204 g/mol. The zero-order valence-electron chi connectivity index (χ0n) is 9.90. The second kappa shape index (κ2) is 5.34. The van der Waals surface area contributed by atoms with Crippen molar-refractivity contribution >= 4 is 11.7 Å². The lowest BCUT2D eigenvalue weighted by molar-refractivity contribution is 0.412. The first-order chi connectivity index (χ1) is 7.56. The van der Waals surface area contributed by atoms with Gasteiger partial charge in [0.25, 0.3) is 0 Å². The van der Waals surface area contributed by atoms with E-state index in [1.807, 2.05) is 31.0 Å². The molecule has 1 heterocycles. The molecular formula is C11H18N4O. The number of methoxy groups -OCH3 is 1. The summed E-state index contributed by atoms with van der Waals surface area (Å²) in [5.74, 6) is 1.66. The highest BCUT2D eigenvalue weighted by atomic mass is 16.5. The maximum atomic E-state index is 7.28. The number of hydrogen-bond donors (Lipinski definition) is 2. The second-order valence-corrected chi connectivity index (χ2v) is 3.72. The first-order valence-electron chi connectivity index (χ1n) is 5.11. The summed E-state index contributed by atoms with van der Waals surface area (Å²) in [4.78, 5) is 6.23. The van der Waals surface area contributed by atoms with Crippen LogP contribution in [0.2, 0.25) is 0 Å². The predicted octanol–water partition coefficient (Wildman–Crippen LogP) is 1.24. The molecule has 0 fully saturated rings. The Labute approximate surface area is 95.7 Å². The van der Waals surface area contributed by atoms with Crippen molar-refractivity contribution in [1.82, 2.24) is 4.98 Å². The minimum Gasteiger partial charge on any atom is -0.493 e. The monoisotopic (exact) mass is 222 g/mol. The summed E-state index contributed by atoms with van der Waals surface area (Å²) in [7, 11) is 3.53.